The van der Waals surface area contributed by atoms with E-state index in [1.54, 1.807) is 6.92 Å². The minimum Gasteiger partial charge on any atom is -0.462 e. The van der Waals surface area contributed by atoms with Crippen molar-refractivity contribution in [2.24, 2.45) is 0 Å². The van der Waals surface area contributed by atoms with Crippen LogP contribution in [0.3, 0.4) is 0 Å². The first-order valence-electron chi connectivity index (χ1n) is 10.9. The molecule has 0 radical (unpaired) electrons. The number of aliphatic hydroxyl groups is 1. The number of aryl methyl sites for hydroxylation is 1. The predicted octanol–water partition coefficient (Wildman–Crippen LogP) is 3.40. The van der Waals surface area contributed by atoms with Crippen LogP contribution in [0.25, 0.3) is 0 Å². The molecule has 10 heteroatoms. The minimum atomic E-state index is -0.436. The molecule has 2 rings (SSSR count). The number of nitriles is 1. The van der Waals surface area contributed by atoms with E-state index < -0.39 is 5.97 Å². The zero-order valence-electron chi connectivity index (χ0n) is 19.3. The molecule has 0 bridgehead atoms. The number of thiophene rings is 1. The number of ether oxygens (including phenoxy) is 3. The molecule has 0 aliphatic carbocycles. The first kappa shape index (κ1) is 26.4. The maximum Gasteiger partial charge on any atom is 0.348 e. The SMILES string of the molecule is CCOC(=O)c1cc(C#N)c(NNc2ccc(N(CC)CCOCCOCCO)cc2C)s1. The lowest BCUT2D eigenvalue weighted by Gasteiger charge is -2.24. The van der Waals surface area contributed by atoms with Crippen molar-refractivity contribution in [2.75, 3.05) is 68.5 Å². The second-order valence-corrected chi connectivity index (χ2v) is 8.02. The molecule has 1 heterocycles. The Bertz CT molecular complexity index is 928. The van der Waals surface area contributed by atoms with E-state index in [9.17, 15) is 10.1 Å². The Kier molecular flexibility index (Phi) is 11.5. The lowest BCUT2D eigenvalue weighted by molar-refractivity contribution is 0.0351. The van der Waals surface area contributed by atoms with E-state index in [0.29, 0.717) is 41.9 Å². The van der Waals surface area contributed by atoms with Crippen molar-refractivity contribution in [3.05, 3.63) is 40.3 Å². The van der Waals surface area contributed by atoms with Crippen LogP contribution in [0.15, 0.2) is 24.3 Å². The van der Waals surface area contributed by atoms with Crippen molar-refractivity contribution >= 4 is 33.7 Å². The largest absolute Gasteiger partial charge is 0.462 e. The number of esters is 1. The first-order chi connectivity index (χ1) is 16.0. The Morgan fingerprint density at radius 2 is 1.91 bits per heavy atom. The maximum absolute atomic E-state index is 11.9. The molecule has 2 aromatic rings. The van der Waals surface area contributed by atoms with Gasteiger partial charge in [0.05, 0.1) is 50.9 Å². The molecule has 9 nitrogen and oxygen atoms in total. The summed E-state index contributed by atoms with van der Waals surface area (Å²) < 4.78 is 15.8. The summed E-state index contributed by atoms with van der Waals surface area (Å²) in [6.45, 7) is 9.60. The molecule has 3 N–H and O–H groups in total. The second-order valence-electron chi connectivity index (χ2n) is 6.96. The number of nitrogens with zero attached hydrogens (tertiary/aromatic N) is 2. The molecule has 1 aromatic carbocycles. The number of nitrogens with one attached hydrogen (secondary N) is 2. The van der Waals surface area contributed by atoms with Gasteiger partial charge in [-0.2, -0.15) is 5.26 Å². The number of rotatable bonds is 15. The van der Waals surface area contributed by atoms with Gasteiger partial charge in [0.15, 0.2) is 0 Å². The van der Waals surface area contributed by atoms with Gasteiger partial charge in [-0.3, -0.25) is 10.9 Å². The number of benzene rings is 1. The van der Waals surface area contributed by atoms with Crippen LogP contribution in [0.2, 0.25) is 0 Å². The molecule has 0 unspecified atom stereocenters. The fraction of sp³-hybridized carbons (Fsp3) is 0.478. The van der Waals surface area contributed by atoms with Gasteiger partial charge in [0.1, 0.15) is 15.9 Å². The minimum absolute atomic E-state index is 0.0186. The molecule has 0 saturated carbocycles. The number of likely N-dealkylation sites (N-methyl/N-ethyl adjacent to an activating group) is 1. The summed E-state index contributed by atoms with van der Waals surface area (Å²) in [7, 11) is 0. The number of hydrogen-bond donors (Lipinski definition) is 3. The van der Waals surface area contributed by atoms with Gasteiger partial charge in [0.25, 0.3) is 0 Å². The van der Waals surface area contributed by atoms with Crippen LogP contribution in [0.4, 0.5) is 16.4 Å². The van der Waals surface area contributed by atoms with Crippen molar-refractivity contribution in [3.63, 3.8) is 0 Å². The Balaban J connectivity index is 1.93. The van der Waals surface area contributed by atoms with Crippen LogP contribution in [0.5, 0.6) is 0 Å². The van der Waals surface area contributed by atoms with Gasteiger partial charge in [-0.25, -0.2) is 4.79 Å². The fourth-order valence-electron chi connectivity index (χ4n) is 3.01. The monoisotopic (exact) mass is 476 g/mol. The van der Waals surface area contributed by atoms with Crippen LogP contribution >= 0.6 is 11.3 Å². The highest BCUT2D eigenvalue weighted by Crippen LogP contribution is 2.29. The Morgan fingerprint density at radius 3 is 2.55 bits per heavy atom. The summed E-state index contributed by atoms with van der Waals surface area (Å²) in [5.41, 5.74) is 9.52. The number of carbonyl (C=O) groups excluding carboxylic acids is 1. The molecular weight excluding hydrogens is 444 g/mol. The van der Waals surface area contributed by atoms with Gasteiger partial charge in [-0.1, -0.05) is 0 Å². The lowest BCUT2D eigenvalue weighted by atomic mass is 10.1. The van der Waals surface area contributed by atoms with E-state index in [1.165, 1.54) is 17.4 Å². The third-order valence-electron chi connectivity index (χ3n) is 4.71. The molecule has 33 heavy (non-hydrogen) atoms. The summed E-state index contributed by atoms with van der Waals surface area (Å²) in [6, 6.07) is 9.70. The molecular formula is C23H32N4O5S. The van der Waals surface area contributed by atoms with E-state index in [2.05, 4.69) is 34.8 Å². The molecule has 0 saturated heterocycles. The van der Waals surface area contributed by atoms with Crippen molar-refractivity contribution in [2.45, 2.75) is 20.8 Å². The third-order valence-corrected chi connectivity index (χ3v) is 5.74. The predicted molar refractivity (Wildman–Crippen MR) is 130 cm³/mol. The number of carbonyl (C=O) groups is 1. The van der Waals surface area contributed by atoms with Gasteiger partial charge in [0, 0.05) is 18.8 Å². The number of anilines is 3. The molecule has 0 amide bonds. The molecule has 1 aromatic heterocycles. The Hall–Kier alpha value is -2.84. The fourth-order valence-corrected chi connectivity index (χ4v) is 3.87. The third kappa shape index (κ3) is 8.22. The van der Waals surface area contributed by atoms with Crippen LogP contribution in [-0.2, 0) is 14.2 Å². The quantitative estimate of drug-likeness (QED) is 0.202. The van der Waals surface area contributed by atoms with Gasteiger partial charge in [-0.15, -0.1) is 11.3 Å². The normalized spacial score (nSPS) is 10.5. The summed E-state index contributed by atoms with van der Waals surface area (Å²) in [4.78, 5) is 14.5. The van der Waals surface area contributed by atoms with Crippen LogP contribution in [0.1, 0.15) is 34.6 Å². The molecule has 0 spiro atoms. The highest BCUT2D eigenvalue weighted by molar-refractivity contribution is 7.18. The average Bonchev–Trinajstić information content (AvgIpc) is 3.24. The van der Waals surface area contributed by atoms with E-state index in [1.807, 2.05) is 19.1 Å². The highest BCUT2D eigenvalue weighted by Gasteiger charge is 2.16. The molecule has 0 atom stereocenters. The zero-order valence-corrected chi connectivity index (χ0v) is 20.2. The standard InChI is InChI=1S/C23H32N4O5S/c1-4-27(8-10-30-12-13-31-11-9-28)19-6-7-20(17(3)14-19)25-26-22-18(16-24)15-21(33-22)23(29)32-5-2/h6-7,14-15,25-26,28H,4-5,8-13H2,1-3H3. The Morgan fingerprint density at radius 1 is 1.15 bits per heavy atom. The second kappa shape index (κ2) is 14.3. The average molecular weight is 477 g/mol. The summed E-state index contributed by atoms with van der Waals surface area (Å²) in [5, 5.41) is 18.6. The summed E-state index contributed by atoms with van der Waals surface area (Å²) >= 11 is 1.17. The van der Waals surface area contributed by atoms with E-state index >= 15 is 0 Å². The molecule has 180 valence electrons. The lowest BCUT2D eigenvalue weighted by Crippen LogP contribution is -2.27. The number of hydrazine groups is 1. The van der Waals surface area contributed by atoms with E-state index in [4.69, 9.17) is 19.3 Å². The first-order valence-corrected chi connectivity index (χ1v) is 11.7. The maximum atomic E-state index is 11.9. The summed E-state index contributed by atoms with van der Waals surface area (Å²) in [5.74, 6) is -0.436. The van der Waals surface area contributed by atoms with Crippen LogP contribution < -0.4 is 15.8 Å². The van der Waals surface area contributed by atoms with Crippen LogP contribution in [-0.4, -0.2) is 63.8 Å². The van der Waals surface area contributed by atoms with Crippen molar-refractivity contribution in [3.8, 4) is 6.07 Å². The molecule has 0 aliphatic rings. The number of hydrogen-bond acceptors (Lipinski definition) is 10. The van der Waals surface area contributed by atoms with Gasteiger partial charge < -0.3 is 24.2 Å². The number of aliphatic hydroxyl groups excluding tert-OH is 1. The molecule has 0 aliphatic heterocycles. The van der Waals surface area contributed by atoms with Gasteiger partial charge >= 0.3 is 5.97 Å². The molecule has 0 fully saturated rings. The van der Waals surface area contributed by atoms with E-state index in [-0.39, 0.29) is 13.2 Å². The van der Waals surface area contributed by atoms with Crippen molar-refractivity contribution < 1.29 is 24.1 Å². The van der Waals surface area contributed by atoms with Crippen molar-refractivity contribution in [1.82, 2.24) is 0 Å². The van der Waals surface area contributed by atoms with Gasteiger partial charge in [-0.05, 0) is 50.6 Å². The smallest absolute Gasteiger partial charge is 0.348 e. The van der Waals surface area contributed by atoms with Crippen molar-refractivity contribution in [1.29, 1.82) is 5.26 Å². The van der Waals surface area contributed by atoms with Crippen LogP contribution in [0, 0.1) is 18.3 Å². The Labute approximate surface area is 198 Å². The topological polar surface area (TPSA) is 116 Å². The zero-order chi connectivity index (χ0) is 24.1. The highest BCUT2D eigenvalue weighted by atomic mass is 32.1. The van der Waals surface area contributed by atoms with Gasteiger partial charge in [0.2, 0.25) is 0 Å². The van der Waals surface area contributed by atoms with E-state index in [0.717, 1.165) is 30.0 Å². The summed E-state index contributed by atoms with van der Waals surface area (Å²) in [6.07, 6.45) is 0.